The molecule has 0 unspecified atom stereocenters. The van der Waals surface area contributed by atoms with Gasteiger partial charge in [0.15, 0.2) is 6.61 Å². The number of anilines is 1. The maximum atomic E-state index is 12.0. The van der Waals surface area contributed by atoms with Crippen LogP contribution in [-0.4, -0.2) is 45.3 Å². The Kier molecular flexibility index (Phi) is 6.89. The van der Waals surface area contributed by atoms with Crippen molar-refractivity contribution in [3.63, 3.8) is 0 Å². The minimum atomic E-state index is -3.53. The highest BCUT2D eigenvalue weighted by Gasteiger charge is 2.16. The molecule has 0 saturated carbocycles. The maximum absolute atomic E-state index is 12.0. The van der Waals surface area contributed by atoms with Gasteiger partial charge in [-0.15, -0.1) is 11.3 Å². The van der Waals surface area contributed by atoms with Gasteiger partial charge in [-0.25, -0.2) is 17.5 Å². The number of thiophene rings is 1. The second kappa shape index (κ2) is 8.94. The Labute approximate surface area is 162 Å². The Bertz CT molecular complexity index is 944. The van der Waals surface area contributed by atoms with E-state index in [9.17, 15) is 18.0 Å². The molecule has 1 heterocycles. The number of carbonyl (C=O) groups excluding carboxylic acids is 2. The van der Waals surface area contributed by atoms with Gasteiger partial charge in [0.2, 0.25) is 10.0 Å². The van der Waals surface area contributed by atoms with Gasteiger partial charge in [0.1, 0.15) is 0 Å². The predicted octanol–water partition coefficient (Wildman–Crippen LogP) is 2.50. The van der Waals surface area contributed by atoms with Crippen LogP contribution in [0.5, 0.6) is 0 Å². The Hall–Kier alpha value is -2.49. The van der Waals surface area contributed by atoms with Crippen LogP contribution in [0.3, 0.4) is 0 Å². The first kappa shape index (κ1) is 20.8. The maximum Gasteiger partial charge on any atom is 0.331 e. The van der Waals surface area contributed by atoms with Crippen LogP contribution >= 0.6 is 11.3 Å². The number of aryl methyl sites for hydroxylation is 1. The third kappa shape index (κ3) is 5.75. The van der Waals surface area contributed by atoms with Crippen LogP contribution in [0.2, 0.25) is 0 Å². The molecule has 0 saturated heterocycles. The molecule has 0 bridgehead atoms. The molecule has 0 aliphatic rings. The van der Waals surface area contributed by atoms with Crippen molar-refractivity contribution in [2.45, 2.75) is 11.8 Å². The summed E-state index contributed by atoms with van der Waals surface area (Å²) in [6.07, 6.45) is 2.91. The number of amides is 1. The highest BCUT2D eigenvalue weighted by molar-refractivity contribution is 7.89. The van der Waals surface area contributed by atoms with Gasteiger partial charge in [0.05, 0.1) is 4.90 Å². The number of hydrogen-bond acceptors (Lipinski definition) is 6. The third-order valence-electron chi connectivity index (χ3n) is 3.53. The molecule has 0 fully saturated rings. The largest absolute Gasteiger partial charge is 0.452 e. The first-order chi connectivity index (χ1) is 12.7. The summed E-state index contributed by atoms with van der Waals surface area (Å²) in [5.74, 6) is -1.14. The average molecular weight is 409 g/mol. The number of nitrogens with one attached hydrogen (secondary N) is 1. The fraction of sp³-hybridized carbons (Fsp3) is 0.222. The second-order valence-electron chi connectivity index (χ2n) is 5.77. The SMILES string of the molecule is Cc1ccsc1/C=C/C(=O)OCC(=O)Nc1ccc(S(=O)(=O)N(C)C)cc1. The Morgan fingerprint density at radius 1 is 1.19 bits per heavy atom. The zero-order valence-electron chi connectivity index (χ0n) is 15.1. The van der Waals surface area contributed by atoms with Crippen LogP contribution in [0.4, 0.5) is 5.69 Å². The summed E-state index contributed by atoms with van der Waals surface area (Å²) in [4.78, 5) is 24.6. The van der Waals surface area contributed by atoms with Crippen molar-refractivity contribution in [2.24, 2.45) is 0 Å². The van der Waals surface area contributed by atoms with Crippen LogP contribution in [-0.2, 0) is 24.3 Å². The molecule has 0 aliphatic carbocycles. The molecule has 7 nitrogen and oxygen atoms in total. The third-order valence-corrected chi connectivity index (χ3v) is 6.35. The van der Waals surface area contributed by atoms with E-state index in [-0.39, 0.29) is 4.90 Å². The molecule has 2 aromatic rings. The van der Waals surface area contributed by atoms with E-state index in [2.05, 4.69) is 5.32 Å². The Morgan fingerprint density at radius 3 is 2.41 bits per heavy atom. The van der Waals surface area contributed by atoms with Gasteiger partial charge in [-0.2, -0.15) is 0 Å². The predicted molar refractivity (Wildman–Crippen MR) is 105 cm³/mol. The van der Waals surface area contributed by atoms with Crippen molar-refractivity contribution in [1.82, 2.24) is 4.31 Å². The molecule has 27 heavy (non-hydrogen) atoms. The van der Waals surface area contributed by atoms with E-state index >= 15 is 0 Å². The summed E-state index contributed by atoms with van der Waals surface area (Å²) in [6, 6.07) is 7.66. The molecule has 1 aromatic heterocycles. The summed E-state index contributed by atoms with van der Waals surface area (Å²) >= 11 is 1.50. The molecule has 144 valence electrons. The van der Waals surface area contributed by atoms with E-state index in [1.165, 1.54) is 55.8 Å². The number of ether oxygens (including phenoxy) is 1. The number of hydrogen-bond donors (Lipinski definition) is 1. The molecular weight excluding hydrogens is 388 g/mol. The lowest BCUT2D eigenvalue weighted by Gasteiger charge is -2.12. The zero-order chi connectivity index (χ0) is 20.0. The van der Waals surface area contributed by atoms with Crippen molar-refractivity contribution in [1.29, 1.82) is 0 Å². The summed E-state index contributed by atoms with van der Waals surface area (Å²) in [7, 11) is -0.651. The fourth-order valence-electron chi connectivity index (χ4n) is 2.00. The molecule has 1 amide bonds. The molecule has 0 spiro atoms. The first-order valence-corrected chi connectivity index (χ1v) is 10.2. The Balaban J connectivity index is 1.86. The molecule has 0 radical (unpaired) electrons. The van der Waals surface area contributed by atoms with Crippen molar-refractivity contribution in [3.05, 3.63) is 52.2 Å². The van der Waals surface area contributed by atoms with Crippen molar-refractivity contribution in [3.8, 4) is 0 Å². The number of benzene rings is 1. The topological polar surface area (TPSA) is 92.8 Å². The first-order valence-electron chi connectivity index (χ1n) is 7.91. The summed E-state index contributed by atoms with van der Waals surface area (Å²) in [5, 5.41) is 4.46. The molecule has 0 atom stereocenters. The van der Waals surface area contributed by atoms with E-state index in [1.54, 1.807) is 6.08 Å². The van der Waals surface area contributed by atoms with Gasteiger partial charge in [-0.3, -0.25) is 4.79 Å². The van der Waals surface area contributed by atoms with Gasteiger partial charge < -0.3 is 10.1 Å². The summed E-state index contributed by atoms with van der Waals surface area (Å²) in [6.45, 7) is 1.49. The van der Waals surface area contributed by atoms with Crippen LogP contribution < -0.4 is 5.32 Å². The van der Waals surface area contributed by atoms with Crippen LogP contribution in [0, 0.1) is 6.92 Å². The number of sulfonamides is 1. The highest BCUT2D eigenvalue weighted by Crippen LogP contribution is 2.17. The standard InChI is InChI=1S/C18H20N2O5S2/c1-13-10-11-26-16(13)8-9-18(22)25-12-17(21)19-14-4-6-15(7-5-14)27(23,24)20(2)3/h4-11H,12H2,1-3H3,(H,19,21)/b9-8+. The van der Waals surface area contributed by atoms with Crippen LogP contribution in [0.15, 0.2) is 46.7 Å². The molecular formula is C18H20N2O5S2. The summed E-state index contributed by atoms with van der Waals surface area (Å²) in [5.41, 5.74) is 1.46. The van der Waals surface area contributed by atoms with Gasteiger partial charge in [-0.05, 0) is 54.3 Å². The lowest BCUT2D eigenvalue weighted by molar-refractivity contribution is -0.142. The fourth-order valence-corrected chi connectivity index (χ4v) is 3.72. The van der Waals surface area contributed by atoms with Crippen LogP contribution in [0.25, 0.3) is 6.08 Å². The van der Waals surface area contributed by atoms with Gasteiger partial charge in [0, 0.05) is 30.7 Å². The average Bonchev–Trinajstić information content (AvgIpc) is 3.03. The molecule has 0 aliphatic heterocycles. The van der Waals surface area contributed by atoms with Crippen LogP contribution in [0.1, 0.15) is 10.4 Å². The van der Waals surface area contributed by atoms with E-state index in [0.29, 0.717) is 5.69 Å². The van der Waals surface area contributed by atoms with E-state index in [1.807, 2.05) is 18.4 Å². The second-order valence-corrected chi connectivity index (χ2v) is 8.87. The lowest BCUT2D eigenvalue weighted by Crippen LogP contribution is -2.22. The van der Waals surface area contributed by atoms with E-state index in [0.717, 1.165) is 14.7 Å². The number of nitrogens with zero attached hydrogens (tertiary/aromatic N) is 1. The lowest BCUT2D eigenvalue weighted by atomic mass is 10.3. The molecule has 1 N–H and O–H groups in total. The molecule has 2 rings (SSSR count). The van der Waals surface area contributed by atoms with E-state index in [4.69, 9.17) is 4.74 Å². The number of rotatable bonds is 7. The minimum absolute atomic E-state index is 0.117. The van der Waals surface area contributed by atoms with Gasteiger partial charge >= 0.3 is 5.97 Å². The van der Waals surface area contributed by atoms with Crippen molar-refractivity contribution < 1.29 is 22.7 Å². The Morgan fingerprint density at radius 2 is 1.85 bits per heavy atom. The van der Waals surface area contributed by atoms with E-state index < -0.39 is 28.5 Å². The number of carbonyl (C=O) groups is 2. The quantitative estimate of drug-likeness (QED) is 0.561. The smallest absolute Gasteiger partial charge is 0.331 e. The van der Waals surface area contributed by atoms with Crippen molar-refractivity contribution >= 4 is 45.0 Å². The van der Waals surface area contributed by atoms with Crippen molar-refractivity contribution in [2.75, 3.05) is 26.0 Å². The van der Waals surface area contributed by atoms with Gasteiger partial charge in [0.25, 0.3) is 5.91 Å². The summed E-state index contributed by atoms with van der Waals surface area (Å²) < 4.78 is 30.0. The monoisotopic (exact) mass is 408 g/mol. The normalized spacial score (nSPS) is 11.7. The minimum Gasteiger partial charge on any atom is -0.452 e. The highest BCUT2D eigenvalue weighted by atomic mass is 32.2. The molecule has 9 heteroatoms. The zero-order valence-corrected chi connectivity index (χ0v) is 16.8. The van der Waals surface area contributed by atoms with Gasteiger partial charge in [-0.1, -0.05) is 0 Å². The molecule has 1 aromatic carbocycles. The number of esters is 1.